The molecule has 100 valence electrons. The maximum atomic E-state index is 6.29. The molecule has 0 spiro atoms. The smallest absolute Gasteiger partial charge is 0.123 e. The predicted octanol–water partition coefficient (Wildman–Crippen LogP) is 3.50. The van der Waals surface area contributed by atoms with Crippen molar-refractivity contribution in [2.45, 2.75) is 25.8 Å². The Morgan fingerprint density at radius 2 is 1.63 bits per heavy atom. The van der Waals surface area contributed by atoms with Crippen molar-refractivity contribution in [3.05, 3.63) is 65.2 Å². The van der Waals surface area contributed by atoms with Crippen molar-refractivity contribution in [1.29, 1.82) is 0 Å². The SMILES string of the molecule is CCc1ccc(CC(N)c2ccccc2OC)cc1. The Hall–Kier alpha value is -1.80. The molecule has 0 aliphatic carbocycles. The molecule has 0 bridgehead atoms. The number of ether oxygens (including phenoxy) is 1. The zero-order valence-corrected chi connectivity index (χ0v) is 11.6. The van der Waals surface area contributed by atoms with Crippen molar-refractivity contribution in [3.63, 3.8) is 0 Å². The summed E-state index contributed by atoms with van der Waals surface area (Å²) in [4.78, 5) is 0. The highest BCUT2D eigenvalue weighted by Gasteiger charge is 2.11. The third-order valence-corrected chi connectivity index (χ3v) is 3.43. The first-order chi connectivity index (χ1) is 9.24. The molecule has 0 radical (unpaired) electrons. The summed E-state index contributed by atoms with van der Waals surface area (Å²) in [6.07, 6.45) is 1.89. The first-order valence-corrected chi connectivity index (χ1v) is 6.71. The number of nitrogens with two attached hydrogens (primary N) is 1. The number of para-hydroxylation sites is 1. The van der Waals surface area contributed by atoms with E-state index in [2.05, 4.69) is 31.2 Å². The van der Waals surface area contributed by atoms with Gasteiger partial charge in [-0.05, 0) is 30.0 Å². The van der Waals surface area contributed by atoms with E-state index in [1.807, 2.05) is 24.3 Å². The number of hydrogen-bond donors (Lipinski definition) is 1. The summed E-state index contributed by atoms with van der Waals surface area (Å²) in [5.74, 6) is 0.861. The average molecular weight is 255 g/mol. The number of methoxy groups -OCH3 is 1. The van der Waals surface area contributed by atoms with Crippen LogP contribution in [-0.4, -0.2) is 7.11 Å². The minimum atomic E-state index is -0.0383. The van der Waals surface area contributed by atoms with Gasteiger partial charge in [0.25, 0.3) is 0 Å². The lowest BCUT2D eigenvalue weighted by Crippen LogP contribution is -2.14. The molecular formula is C17H21NO. The van der Waals surface area contributed by atoms with Crippen molar-refractivity contribution in [2.24, 2.45) is 5.73 Å². The van der Waals surface area contributed by atoms with Crippen molar-refractivity contribution < 1.29 is 4.74 Å². The van der Waals surface area contributed by atoms with Gasteiger partial charge in [-0.25, -0.2) is 0 Å². The van der Waals surface area contributed by atoms with Gasteiger partial charge in [0.05, 0.1) is 7.11 Å². The summed E-state index contributed by atoms with van der Waals surface area (Å²) in [6, 6.07) is 16.6. The number of benzene rings is 2. The molecule has 0 amide bonds. The standard InChI is InChI=1S/C17H21NO/c1-3-13-8-10-14(11-9-13)12-16(18)15-6-4-5-7-17(15)19-2/h4-11,16H,3,12,18H2,1-2H3. The molecule has 2 N–H and O–H groups in total. The summed E-state index contributed by atoms with van der Waals surface area (Å²) < 4.78 is 5.36. The van der Waals surface area contributed by atoms with Crippen LogP contribution in [-0.2, 0) is 12.8 Å². The summed E-state index contributed by atoms with van der Waals surface area (Å²) >= 11 is 0. The maximum absolute atomic E-state index is 6.29. The van der Waals surface area contributed by atoms with Gasteiger partial charge in [-0.15, -0.1) is 0 Å². The Labute approximate surface area is 115 Å². The summed E-state index contributed by atoms with van der Waals surface area (Å²) in [5, 5.41) is 0. The Bertz CT molecular complexity index is 519. The van der Waals surface area contributed by atoms with E-state index in [-0.39, 0.29) is 6.04 Å². The van der Waals surface area contributed by atoms with Crippen LogP contribution in [0.1, 0.15) is 29.7 Å². The molecule has 0 aliphatic heterocycles. The second-order valence-corrected chi connectivity index (χ2v) is 4.72. The fourth-order valence-electron chi connectivity index (χ4n) is 2.25. The summed E-state index contributed by atoms with van der Waals surface area (Å²) in [6.45, 7) is 2.16. The first kappa shape index (κ1) is 13.6. The number of rotatable bonds is 5. The van der Waals surface area contributed by atoms with E-state index in [1.165, 1.54) is 11.1 Å². The lowest BCUT2D eigenvalue weighted by Gasteiger charge is -2.15. The van der Waals surface area contributed by atoms with Gasteiger partial charge in [-0.2, -0.15) is 0 Å². The molecule has 1 unspecified atom stereocenters. The molecule has 2 aromatic carbocycles. The second kappa shape index (κ2) is 6.39. The van der Waals surface area contributed by atoms with E-state index in [1.54, 1.807) is 7.11 Å². The van der Waals surface area contributed by atoms with Gasteiger partial charge in [0, 0.05) is 11.6 Å². The summed E-state index contributed by atoms with van der Waals surface area (Å²) in [7, 11) is 1.68. The van der Waals surface area contributed by atoms with Gasteiger partial charge in [0.15, 0.2) is 0 Å². The fraction of sp³-hybridized carbons (Fsp3) is 0.294. The van der Waals surface area contributed by atoms with E-state index < -0.39 is 0 Å². The van der Waals surface area contributed by atoms with Crippen LogP contribution in [0.25, 0.3) is 0 Å². The molecule has 2 heteroatoms. The molecule has 0 aliphatic rings. The molecule has 1 atom stereocenters. The van der Waals surface area contributed by atoms with Crippen LogP contribution >= 0.6 is 0 Å². The zero-order valence-electron chi connectivity index (χ0n) is 11.6. The average Bonchev–Trinajstić information content (AvgIpc) is 2.48. The quantitative estimate of drug-likeness (QED) is 0.887. The van der Waals surface area contributed by atoms with Crippen LogP contribution in [0.15, 0.2) is 48.5 Å². The molecule has 0 saturated carbocycles. The Kier molecular flexibility index (Phi) is 4.58. The van der Waals surface area contributed by atoms with E-state index in [4.69, 9.17) is 10.5 Å². The molecule has 2 rings (SSSR count). The van der Waals surface area contributed by atoms with Crippen LogP contribution < -0.4 is 10.5 Å². The summed E-state index contributed by atoms with van der Waals surface area (Å²) in [5.41, 5.74) is 9.97. The molecule has 19 heavy (non-hydrogen) atoms. The predicted molar refractivity (Wildman–Crippen MR) is 79.4 cm³/mol. The maximum Gasteiger partial charge on any atom is 0.123 e. The van der Waals surface area contributed by atoms with Gasteiger partial charge in [0.1, 0.15) is 5.75 Å². The lowest BCUT2D eigenvalue weighted by atomic mass is 9.98. The van der Waals surface area contributed by atoms with Crippen LogP contribution in [0.2, 0.25) is 0 Å². The van der Waals surface area contributed by atoms with Crippen molar-refractivity contribution in [1.82, 2.24) is 0 Å². The Morgan fingerprint density at radius 3 is 2.26 bits per heavy atom. The molecule has 0 heterocycles. The highest BCUT2D eigenvalue weighted by molar-refractivity contribution is 5.37. The first-order valence-electron chi connectivity index (χ1n) is 6.71. The van der Waals surface area contributed by atoms with Gasteiger partial charge < -0.3 is 10.5 Å². The topological polar surface area (TPSA) is 35.2 Å². The monoisotopic (exact) mass is 255 g/mol. The Balaban J connectivity index is 2.13. The lowest BCUT2D eigenvalue weighted by molar-refractivity contribution is 0.405. The van der Waals surface area contributed by atoms with E-state index in [0.29, 0.717) is 0 Å². The Morgan fingerprint density at radius 1 is 1.00 bits per heavy atom. The largest absolute Gasteiger partial charge is 0.496 e. The highest BCUT2D eigenvalue weighted by Crippen LogP contribution is 2.25. The minimum absolute atomic E-state index is 0.0383. The van der Waals surface area contributed by atoms with Gasteiger partial charge >= 0.3 is 0 Å². The van der Waals surface area contributed by atoms with Gasteiger partial charge in [0.2, 0.25) is 0 Å². The van der Waals surface area contributed by atoms with Crippen molar-refractivity contribution in [3.8, 4) is 5.75 Å². The second-order valence-electron chi connectivity index (χ2n) is 4.72. The highest BCUT2D eigenvalue weighted by atomic mass is 16.5. The van der Waals surface area contributed by atoms with Crippen LogP contribution in [0, 0.1) is 0 Å². The minimum Gasteiger partial charge on any atom is -0.496 e. The molecule has 0 aromatic heterocycles. The molecule has 0 fully saturated rings. The van der Waals surface area contributed by atoms with Crippen LogP contribution in [0.3, 0.4) is 0 Å². The van der Waals surface area contributed by atoms with E-state index >= 15 is 0 Å². The van der Waals surface area contributed by atoms with Crippen molar-refractivity contribution >= 4 is 0 Å². The molecular weight excluding hydrogens is 234 g/mol. The fourth-order valence-corrected chi connectivity index (χ4v) is 2.25. The third kappa shape index (κ3) is 3.36. The molecule has 2 aromatic rings. The zero-order chi connectivity index (χ0) is 13.7. The van der Waals surface area contributed by atoms with E-state index in [0.717, 1.165) is 24.2 Å². The normalized spacial score (nSPS) is 12.2. The number of aryl methyl sites for hydroxylation is 1. The van der Waals surface area contributed by atoms with E-state index in [9.17, 15) is 0 Å². The third-order valence-electron chi connectivity index (χ3n) is 3.43. The van der Waals surface area contributed by atoms with Crippen LogP contribution in [0.5, 0.6) is 5.75 Å². The van der Waals surface area contributed by atoms with Crippen molar-refractivity contribution in [2.75, 3.05) is 7.11 Å². The number of hydrogen-bond acceptors (Lipinski definition) is 2. The van der Waals surface area contributed by atoms with Gasteiger partial charge in [-0.3, -0.25) is 0 Å². The molecule has 2 nitrogen and oxygen atoms in total. The van der Waals surface area contributed by atoms with Crippen LogP contribution in [0.4, 0.5) is 0 Å². The molecule has 0 saturated heterocycles. The van der Waals surface area contributed by atoms with Gasteiger partial charge in [-0.1, -0.05) is 49.4 Å².